The first-order chi connectivity index (χ1) is 16.7. The van der Waals surface area contributed by atoms with Crippen molar-refractivity contribution in [2.45, 2.75) is 48.6 Å². The number of nitrogens with one attached hydrogen (secondary N) is 2. The number of carbonyl (C=O) groups excluding carboxylic acids is 1. The molecule has 3 heterocycles. The number of thioether (sulfide) groups is 2. The fraction of sp³-hybridized carbons (Fsp3) is 0.320. The van der Waals surface area contributed by atoms with Crippen LogP contribution in [0.15, 0.2) is 54.2 Å². The molecule has 0 saturated carbocycles. The van der Waals surface area contributed by atoms with Crippen LogP contribution in [0.25, 0.3) is 6.08 Å². The van der Waals surface area contributed by atoms with Gasteiger partial charge in [0.25, 0.3) is 5.91 Å². The van der Waals surface area contributed by atoms with Crippen LogP contribution in [0.2, 0.25) is 0 Å². The van der Waals surface area contributed by atoms with Crippen molar-refractivity contribution in [1.82, 2.24) is 20.1 Å². The molecule has 2 aromatic heterocycles. The maximum absolute atomic E-state index is 12.8. The van der Waals surface area contributed by atoms with E-state index < -0.39 is 0 Å². The Morgan fingerprint density at radius 3 is 2.88 bits per heavy atom. The number of benzene rings is 1. The summed E-state index contributed by atoms with van der Waals surface area (Å²) in [4.78, 5) is 14.2. The molecule has 1 atom stereocenters. The lowest BCUT2D eigenvalue weighted by Crippen LogP contribution is -2.42. The van der Waals surface area contributed by atoms with E-state index >= 15 is 0 Å². The molecule has 9 heteroatoms. The predicted octanol–water partition coefficient (Wildman–Crippen LogP) is 5.58. The number of hydrogen-bond donors (Lipinski definition) is 2. The van der Waals surface area contributed by atoms with Gasteiger partial charge in [0.2, 0.25) is 0 Å². The van der Waals surface area contributed by atoms with Crippen LogP contribution in [-0.4, -0.2) is 31.9 Å². The van der Waals surface area contributed by atoms with Gasteiger partial charge in [-0.3, -0.25) is 4.79 Å². The Kier molecular flexibility index (Phi) is 7.42. The summed E-state index contributed by atoms with van der Waals surface area (Å²) in [6.45, 7) is 4.55. The first-order valence-corrected chi connectivity index (χ1v) is 14.3. The SMILES string of the molecule is C=CCn1c(CS[C@H]2NC(=O)c3c(sc4c3CCCC4)N2)nnc1SC/C=C/c1ccccc1. The molecule has 3 aromatic rings. The summed E-state index contributed by atoms with van der Waals surface area (Å²) in [7, 11) is 0. The number of amides is 1. The topological polar surface area (TPSA) is 71.8 Å². The van der Waals surface area contributed by atoms with Crippen molar-refractivity contribution >= 4 is 51.8 Å². The number of thiophene rings is 1. The third-order valence-electron chi connectivity index (χ3n) is 5.83. The summed E-state index contributed by atoms with van der Waals surface area (Å²) < 4.78 is 2.10. The van der Waals surface area contributed by atoms with Gasteiger partial charge in [0.1, 0.15) is 16.3 Å². The molecular weight excluding hydrogens is 483 g/mol. The number of anilines is 1. The number of carbonyl (C=O) groups is 1. The number of aromatic nitrogens is 3. The standard InChI is InChI=1S/C25H27N5OS3/c1-2-14-30-20(28-29-25(30)32-15-8-11-17-9-4-3-5-10-17)16-33-24-26-22(31)21-18-12-6-7-13-19(18)34-23(21)27-24/h2-5,8-11,24,27H,1,6-7,12-16H2,(H,26,31)/b11-8+/t24-/m0/s1. The molecular formula is C25H27N5OS3. The van der Waals surface area contributed by atoms with E-state index in [2.05, 4.69) is 56.3 Å². The van der Waals surface area contributed by atoms with Crippen LogP contribution in [0, 0.1) is 0 Å². The number of rotatable bonds is 9. The molecule has 5 rings (SSSR count). The lowest BCUT2D eigenvalue weighted by molar-refractivity contribution is 0.0948. The van der Waals surface area contributed by atoms with Crippen molar-refractivity contribution in [1.29, 1.82) is 0 Å². The van der Waals surface area contributed by atoms with Gasteiger partial charge in [-0.25, -0.2) is 0 Å². The van der Waals surface area contributed by atoms with Gasteiger partial charge in [-0.15, -0.1) is 39.9 Å². The minimum absolute atomic E-state index is 0.0413. The Morgan fingerprint density at radius 1 is 1.18 bits per heavy atom. The highest BCUT2D eigenvalue weighted by Gasteiger charge is 2.31. The van der Waals surface area contributed by atoms with E-state index in [1.54, 1.807) is 34.9 Å². The number of aryl methyl sites for hydroxylation is 1. The monoisotopic (exact) mass is 509 g/mol. The molecule has 0 spiro atoms. The van der Waals surface area contributed by atoms with Crippen LogP contribution < -0.4 is 10.6 Å². The zero-order valence-corrected chi connectivity index (χ0v) is 21.3. The van der Waals surface area contributed by atoms with Gasteiger partial charge in [0, 0.05) is 17.2 Å². The van der Waals surface area contributed by atoms with Crippen molar-refractivity contribution in [3.8, 4) is 0 Å². The summed E-state index contributed by atoms with van der Waals surface area (Å²) in [5, 5.41) is 17.4. The summed E-state index contributed by atoms with van der Waals surface area (Å²) in [6.07, 6.45) is 10.6. The van der Waals surface area contributed by atoms with Crippen molar-refractivity contribution in [3.63, 3.8) is 0 Å². The van der Waals surface area contributed by atoms with Crippen molar-refractivity contribution in [3.05, 3.63) is 76.5 Å². The molecule has 1 amide bonds. The fourth-order valence-electron chi connectivity index (χ4n) is 4.21. The van der Waals surface area contributed by atoms with Gasteiger partial charge in [-0.05, 0) is 36.8 Å². The molecule has 176 valence electrons. The second kappa shape index (κ2) is 10.8. The number of allylic oxidation sites excluding steroid dienone is 1. The number of hydrogen-bond acceptors (Lipinski definition) is 7. The van der Waals surface area contributed by atoms with E-state index in [0.29, 0.717) is 12.3 Å². The van der Waals surface area contributed by atoms with Crippen LogP contribution in [0.1, 0.15) is 45.0 Å². The van der Waals surface area contributed by atoms with Crippen LogP contribution >= 0.6 is 34.9 Å². The first-order valence-electron chi connectivity index (χ1n) is 11.4. The fourth-order valence-corrected chi connectivity index (χ4v) is 7.30. The van der Waals surface area contributed by atoms with Crippen LogP contribution in [0.5, 0.6) is 0 Å². The molecule has 1 aliphatic heterocycles. The van der Waals surface area contributed by atoms with E-state index in [4.69, 9.17) is 0 Å². The largest absolute Gasteiger partial charge is 0.348 e. The predicted molar refractivity (Wildman–Crippen MR) is 144 cm³/mol. The van der Waals surface area contributed by atoms with Gasteiger partial charge in [0.05, 0.1) is 11.3 Å². The minimum atomic E-state index is -0.182. The molecule has 0 unspecified atom stereocenters. The van der Waals surface area contributed by atoms with Crippen molar-refractivity contribution < 1.29 is 4.79 Å². The van der Waals surface area contributed by atoms with E-state index in [1.807, 2.05) is 24.3 Å². The molecule has 34 heavy (non-hydrogen) atoms. The number of nitrogens with zero attached hydrogens (tertiary/aromatic N) is 3. The lowest BCUT2D eigenvalue weighted by atomic mass is 9.95. The summed E-state index contributed by atoms with van der Waals surface area (Å²) in [6, 6.07) is 10.3. The van der Waals surface area contributed by atoms with Crippen LogP contribution in [-0.2, 0) is 25.1 Å². The zero-order chi connectivity index (χ0) is 23.3. The van der Waals surface area contributed by atoms with Crippen LogP contribution in [0.4, 0.5) is 5.00 Å². The Morgan fingerprint density at radius 2 is 2.03 bits per heavy atom. The first kappa shape index (κ1) is 23.3. The van der Waals surface area contributed by atoms with Crippen molar-refractivity contribution in [2.75, 3.05) is 11.1 Å². The van der Waals surface area contributed by atoms with Gasteiger partial charge in [-0.1, -0.05) is 60.3 Å². The van der Waals surface area contributed by atoms with E-state index in [-0.39, 0.29) is 11.4 Å². The van der Waals surface area contributed by atoms with Crippen molar-refractivity contribution in [2.24, 2.45) is 0 Å². The highest BCUT2D eigenvalue weighted by Crippen LogP contribution is 2.40. The molecule has 0 radical (unpaired) electrons. The van der Waals surface area contributed by atoms with E-state index in [1.165, 1.54) is 28.8 Å². The summed E-state index contributed by atoms with van der Waals surface area (Å²) in [5.41, 5.74) is 3.13. The molecule has 0 saturated heterocycles. The van der Waals surface area contributed by atoms with Crippen LogP contribution in [0.3, 0.4) is 0 Å². The maximum Gasteiger partial charge on any atom is 0.256 e. The quantitative estimate of drug-likeness (QED) is 0.290. The summed E-state index contributed by atoms with van der Waals surface area (Å²) >= 11 is 5.03. The van der Waals surface area contributed by atoms with Gasteiger partial charge >= 0.3 is 0 Å². The molecule has 2 N–H and O–H groups in total. The molecule has 0 bridgehead atoms. The molecule has 6 nitrogen and oxygen atoms in total. The second-order valence-electron chi connectivity index (χ2n) is 8.15. The molecule has 1 aliphatic carbocycles. The Hall–Kier alpha value is -2.49. The Labute approximate surface area is 212 Å². The smallest absolute Gasteiger partial charge is 0.256 e. The summed E-state index contributed by atoms with van der Waals surface area (Å²) in [5.74, 6) is 2.37. The average Bonchev–Trinajstić information content (AvgIpc) is 3.42. The average molecular weight is 510 g/mol. The molecule has 1 aromatic carbocycles. The van der Waals surface area contributed by atoms with Gasteiger partial charge in [-0.2, -0.15) is 0 Å². The van der Waals surface area contributed by atoms with Gasteiger partial charge in [0.15, 0.2) is 5.16 Å². The van der Waals surface area contributed by atoms with E-state index in [9.17, 15) is 4.79 Å². The van der Waals surface area contributed by atoms with E-state index in [0.717, 1.165) is 40.1 Å². The Bertz CT molecular complexity index is 1200. The zero-order valence-electron chi connectivity index (χ0n) is 18.8. The lowest BCUT2D eigenvalue weighted by Gasteiger charge is -2.25. The minimum Gasteiger partial charge on any atom is -0.348 e. The third kappa shape index (κ3) is 5.11. The highest BCUT2D eigenvalue weighted by atomic mass is 32.2. The maximum atomic E-state index is 12.8. The third-order valence-corrected chi connectivity index (χ3v) is 8.96. The highest BCUT2D eigenvalue weighted by molar-refractivity contribution is 7.99. The molecule has 2 aliphatic rings. The second-order valence-corrected chi connectivity index (χ2v) is 11.3. The Balaban J connectivity index is 1.21. The van der Waals surface area contributed by atoms with Gasteiger partial charge < -0.3 is 15.2 Å². The number of fused-ring (bicyclic) bond motifs is 3. The molecule has 0 fully saturated rings. The normalized spacial score (nSPS) is 17.2.